The molecule has 0 spiro atoms. The van der Waals surface area contributed by atoms with Crippen LogP contribution in [0.5, 0.6) is 5.75 Å². The van der Waals surface area contributed by atoms with Gasteiger partial charge in [-0.2, -0.15) is 0 Å². The van der Waals surface area contributed by atoms with Gasteiger partial charge in [0.2, 0.25) is 0 Å². The second kappa shape index (κ2) is 6.20. The average molecular weight is 237 g/mol. The number of carbonyl (C=O) groups is 1. The van der Waals surface area contributed by atoms with Crippen LogP contribution in [-0.4, -0.2) is 30.6 Å². The molecule has 5 heteroatoms. The van der Waals surface area contributed by atoms with Crippen LogP contribution in [0, 0.1) is 5.92 Å². The van der Waals surface area contributed by atoms with E-state index >= 15 is 0 Å². The summed E-state index contributed by atoms with van der Waals surface area (Å²) < 4.78 is 5.09. The average Bonchev–Trinajstić information content (AvgIpc) is 2.35. The molecule has 1 heterocycles. The Labute approximate surface area is 101 Å². The van der Waals surface area contributed by atoms with Crippen LogP contribution < -0.4 is 15.8 Å². The fourth-order valence-corrected chi connectivity index (χ4v) is 1.47. The minimum atomic E-state index is -0.187. The summed E-state index contributed by atoms with van der Waals surface area (Å²) in [5, 5.41) is 2.89. The van der Waals surface area contributed by atoms with Crippen LogP contribution >= 0.6 is 0 Å². The second-order valence-corrected chi connectivity index (χ2v) is 4.14. The minimum absolute atomic E-state index is 0.0413. The summed E-state index contributed by atoms with van der Waals surface area (Å²) in [6.45, 7) is 4.44. The third kappa shape index (κ3) is 3.42. The zero-order valence-electron chi connectivity index (χ0n) is 10.4. The number of ether oxygens (including phenoxy) is 1. The lowest BCUT2D eigenvalue weighted by Gasteiger charge is -2.20. The quantitative estimate of drug-likeness (QED) is 0.794. The van der Waals surface area contributed by atoms with Crippen molar-refractivity contribution in [2.45, 2.75) is 19.9 Å². The van der Waals surface area contributed by atoms with Crippen molar-refractivity contribution in [3.05, 3.63) is 24.0 Å². The first-order chi connectivity index (χ1) is 8.10. The molecule has 94 valence electrons. The van der Waals surface area contributed by atoms with Gasteiger partial charge in [-0.15, -0.1) is 0 Å². The SMILES string of the molecule is COc1cnccc1C(=O)NC(CN)C(C)C. The van der Waals surface area contributed by atoms with E-state index in [9.17, 15) is 4.79 Å². The Morgan fingerprint density at radius 3 is 2.82 bits per heavy atom. The van der Waals surface area contributed by atoms with Crippen LogP contribution in [0.3, 0.4) is 0 Å². The van der Waals surface area contributed by atoms with Crippen molar-refractivity contribution in [1.29, 1.82) is 0 Å². The van der Waals surface area contributed by atoms with Gasteiger partial charge in [-0.25, -0.2) is 0 Å². The second-order valence-electron chi connectivity index (χ2n) is 4.14. The number of methoxy groups -OCH3 is 1. The summed E-state index contributed by atoms with van der Waals surface area (Å²) in [6, 6.07) is 1.59. The van der Waals surface area contributed by atoms with Gasteiger partial charge < -0.3 is 15.8 Å². The van der Waals surface area contributed by atoms with E-state index in [-0.39, 0.29) is 17.9 Å². The number of hydrogen-bond acceptors (Lipinski definition) is 4. The van der Waals surface area contributed by atoms with Gasteiger partial charge in [0.15, 0.2) is 0 Å². The Morgan fingerprint density at radius 1 is 1.59 bits per heavy atom. The first kappa shape index (κ1) is 13.4. The van der Waals surface area contributed by atoms with Crippen molar-refractivity contribution in [1.82, 2.24) is 10.3 Å². The van der Waals surface area contributed by atoms with Crippen LogP contribution in [0.15, 0.2) is 18.5 Å². The van der Waals surface area contributed by atoms with Gasteiger partial charge in [-0.05, 0) is 12.0 Å². The third-order valence-electron chi connectivity index (χ3n) is 2.62. The van der Waals surface area contributed by atoms with Crippen molar-refractivity contribution < 1.29 is 9.53 Å². The Bertz CT molecular complexity index is 380. The number of amides is 1. The van der Waals surface area contributed by atoms with E-state index in [4.69, 9.17) is 10.5 Å². The highest BCUT2D eigenvalue weighted by Gasteiger charge is 2.18. The predicted octanol–water partition coefficient (Wildman–Crippen LogP) is 0.803. The molecule has 5 nitrogen and oxygen atoms in total. The molecule has 1 aromatic rings. The van der Waals surface area contributed by atoms with E-state index in [1.54, 1.807) is 12.3 Å². The fourth-order valence-electron chi connectivity index (χ4n) is 1.47. The molecule has 0 saturated carbocycles. The molecule has 0 aromatic carbocycles. The monoisotopic (exact) mass is 237 g/mol. The molecule has 0 fully saturated rings. The van der Waals surface area contributed by atoms with Crippen molar-refractivity contribution in [2.24, 2.45) is 11.7 Å². The van der Waals surface area contributed by atoms with E-state index in [1.165, 1.54) is 13.3 Å². The summed E-state index contributed by atoms with van der Waals surface area (Å²) in [6.07, 6.45) is 3.08. The molecular formula is C12H19N3O2. The lowest BCUT2D eigenvalue weighted by Crippen LogP contribution is -2.43. The van der Waals surface area contributed by atoms with E-state index in [1.807, 2.05) is 13.8 Å². The van der Waals surface area contributed by atoms with Crippen LogP contribution in [0.4, 0.5) is 0 Å². The molecule has 0 aliphatic carbocycles. The van der Waals surface area contributed by atoms with Crippen LogP contribution in [-0.2, 0) is 0 Å². The summed E-state index contributed by atoms with van der Waals surface area (Å²) in [4.78, 5) is 15.9. The molecule has 3 N–H and O–H groups in total. The fraction of sp³-hybridized carbons (Fsp3) is 0.500. The number of hydrogen-bond donors (Lipinski definition) is 2. The molecule has 0 aliphatic heterocycles. The first-order valence-electron chi connectivity index (χ1n) is 5.59. The molecule has 1 unspecified atom stereocenters. The van der Waals surface area contributed by atoms with Gasteiger partial charge in [-0.3, -0.25) is 9.78 Å². The van der Waals surface area contributed by atoms with Crippen molar-refractivity contribution >= 4 is 5.91 Å². The third-order valence-corrected chi connectivity index (χ3v) is 2.62. The lowest BCUT2D eigenvalue weighted by atomic mass is 10.0. The molecule has 0 aliphatic rings. The van der Waals surface area contributed by atoms with E-state index in [2.05, 4.69) is 10.3 Å². The maximum atomic E-state index is 12.0. The molecular weight excluding hydrogens is 218 g/mol. The number of pyridine rings is 1. The Morgan fingerprint density at radius 2 is 2.29 bits per heavy atom. The highest BCUT2D eigenvalue weighted by atomic mass is 16.5. The van der Waals surface area contributed by atoms with E-state index in [0.717, 1.165) is 0 Å². The van der Waals surface area contributed by atoms with Gasteiger partial charge in [0, 0.05) is 18.8 Å². The Hall–Kier alpha value is -1.62. The number of rotatable bonds is 5. The number of nitrogens with zero attached hydrogens (tertiary/aromatic N) is 1. The van der Waals surface area contributed by atoms with Crippen LogP contribution in [0.1, 0.15) is 24.2 Å². The first-order valence-corrected chi connectivity index (χ1v) is 5.59. The zero-order chi connectivity index (χ0) is 12.8. The van der Waals surface area contributed by atoms with Crippen molar-refractivity contribution in [3.8, 4) is 5.75 Å². The van der Waals surface area contributed by atoms with Gasteiger partial charge in [0.1, 0.15) is 5.75 Å². The van der Waals surface area contributed by atoms with Gasteiger partial charge >= 0.3 is 0 Å². The summed E-state index contributed by atoms with van der Waals surface area (Å²) in [5.74, 6) is 0.565. The molecule has 1 rings (SSSR count). The predicted molar refractivity (Wildman–Crippen MR) is 65.9 cm³/mol. The summed E-state index contributed by atoms with van der Waals surface area (Å²) in [5.41, 5.74) is 6.09. The topological polar surface area (TPSA) is 77.2 Å². The Balaban J connectivity index is 2.82. The van der Waals surface area contributed by atoms with E-state index in [0.29, 0.717) is 17.9 Å². The number of nitrogens with two attached hydrogens (primary N) is 1. The molecule has 0 saturated heterocycles. The molecule has 0 radical (unpaired) electrons. The minimum Gasteiger partial charge on any atom is -0.494 e. The zero-order valence-corrected chi connectivity index (χ0v) is 10.4. The van der Waals surface area contributed by atoms with Gasteiger partial charge in [0.05, 0.1) is 18.9 Å². The summed E-state index contributed by atoms with van der Waals surface area (Å²) in [7, 11) is 1.51. The largest absolute Gasteiger partial charge is 0.494 e. The van der Waals surface area contributed by atoms with E-state index < -0.39 is 0 Å². The molecule has 1 atom stereocenters. The van der Waals surface area contributed by atoms with Gasteiger partial charge in [0.25, 0.3) is 5.91 Å². The lowest BCUT2D eigenvalue weighted by molar-refractivity contribution is 0.0924. The summed E-state index contributed by atoms with van der Waals surface area (Å²) >= 11 is 0. The molecule has 0 bridgehead atoms. The Kier molecular flexibility index (Phi) is 4.90. The molecule has 17 heavy (non-hydrogen) atoms. The highest BCUT2D eigenvalue weighted by Crippen LogP contribution is 2.15. The standard InChI is InChI=1S/C12H19N3O2/c1-8(2)10(6-13)15-12(16)9-4-5-14-7-11(9)17-3/h4-5,7-8,10H,6,13H2,1-3H3,(H,15,16). The number of carbonyl (C=O) groups excluding carboxylic acids is 1. The smallest absolute Gasteiger partial charge is 0.255 e. The number of aromatic nitrogens is 1. The van der Waals surface area contributed by atoms with Crippen LogP contribution in [0.25, 0.3) is 0 Å². The van der Waals surface area contributed by atoms with Gasteiger partial charge in [-0.1, -0.05) is 13.8 Å². The van der Waals surface area contributed by atoms with Crippen LogP contribution in [0.2, 0.25) is 0 Å². The maximum absolute atomic E-state index is 12.0. The highest BCUT2D eigenvalue weighted by molar-refractivity contribution is 5.96. The van der Waals surface area contributed by atoms with Crippen molar-refractivity contribution in [2.75, 3.05) is 13.7 Å². The molecule has 1 amide bonds. The number of nitrogens with one attached hydrogen (secondary N) is 1. The van der Waals surface area contributed by atoms with Crippen molar-refractivity contribution in [3.63, 3.8) is 0 Å². The molecule has 1 aromatic heterocycles. The normalized spacial score (nSPS) is 12.3. The maximum Gasteiger partial charge on any atom is 0.255 e.